The van der Waals surface area contributed by atoms with E-state index < -0.39 is 5.41 Å². The van der Waals surface area contributed by atoms with E-state index in [2.05, 4.69) is 6.92 Å². The van der Waals surface area contributed by atoms with Crippen molar-refractivity contribution in [2.75, 3.05) is 13.2 Å². The third-order valence-corrected chi connectivity index (χ3v) is 3.28. The Morgan fingerprint density at radius 1 is 1.06 bits per heavy atom. The number of hydrogen-bond donors (Lipinski definition) is 2. The molecular weight excluding hydrogens is 200 g/mol. The summed E-state index contributed by atoms with van der Waals surface area (Å²) in [4.78, 5) is 0. The molecule has 0 aromatic heterocycles. The molecule has 0 unspecified atom stereocenters. The smallest absolute Gasteiger partial charge is 0.0550 e. The molecule has 0 heterocycles. The van der Waals surface area contributed by atoms with Gasteiger partial charge in [-0.3, -0.25) is 0 Å². The van der Waals surface area contributed by atoms with E-state index in [9.17, 15) is 10.2 Å². The molecule has 0 radical (unpaired) electrons. The number of benzene rings is 1. The van der Waals surface area contributed by atoms with Gasteiger partial charge >= 0.3 is 0 Å². The SMILES string of the molecule is CCCCC(CO)(CO)c1ccc(C)cc1. The van der Waals surface area contributed by atoms with Gasteiger partial charge in [-0.05, 0) is 18.9 Å². The van der Waals surface area contributed by atoms with E-state index in [0.29, 0.717) is 0 Å². The lowest BCUT2D eigenvalue weighted by Crippen LogP contribution is -2.34. The number of aliphatic hydroxyl groups is 2. The maximum Gasteiger partial charge on any atom is 0.0550 e. The van der Waals surface area contributed by atoms with Crippen LogP contribution in [0.2, 0.25) is 0 Å². The van der Waals surface area contributed by atoms with Crippen molar-refractivity contribution in [3.63, 3.8) is 0 Å². The van der Waals surface area contributed by atoms with E-state index in [0.717, 1.165) is 24.8 Å². The quantitative estimate of drug-likeness (QED) is 0.776. The Balaban J connectivity index is 2.95. The Morgan fingerprint density at radius 3 is 2.06 bits per heavy atom. The predicted molar refractivity (Wildman–Crippen MR) is 66.6 cm³/mol. The first-order valence-electron chi connectivity index (χ1n) is 5.97. The average molecular weight is 222 g/mol. The van der Waals surface area contributed by atoms with Crippen LogP contribution in [-0.4, -0.2) is 23.4 Å². The molecule has 2 N–H and O–H groups in total. The van der Waals surface area contributed by atoms with Crippen molar-refractivity contribution >= 4 is 0 Å². The van der Waals surface area contributed by atoms with E-state index in [1.807, 2.05) is 31.2 Å². The van der Waals surface area contributed by atoms with Gasteiger partial charge in [0.15, 0.2) is 0 Å². The molecule has 2 nitrogen and oxygen atoms in total. The average Bonchev–Trinajstić information content (AvgIpc) is 2.33. The predicted octanol–water partition coefficient (Wildman–Crippen LogP) is 2.41. The monoisotopic (exact) mass is 222 g/mol. The number of aliphatic hydroxyl groups excluding tert-OH is 2. The summed E-state index contributed by atoms with van der Waals surface area (Å²) in [7, 11) is 0. The first-order valence-corrected chi connectivity index (χ1v) is 5.97. The second-order valence-corrected chi connectivity index (χ2v) is 4.57. The molecule has 0 aliphatic heterocycles. The minimum absolute atomic E-state index is 0.00651. The topological polar surface area (TPSA) is 40.5 Å². The van der Waals surface area contributed by atoms with Crippen molar-refractivity contribution in [2.24, 2.45) is 0 Å². The molecule has 1 aromatic carbocycles. The second-order valence-electron chi connectivity index (χ2n) is 4.57. The second kappa shape index (κ2) is 6.02. The summed E-state index contributed by atoms with van der Waals surface area (Å²) in [5.41, 5.74) is 1.77. The van der Waals surface area contributed by atoms with Gasteiger partial charge in [-0.1, -0.05) is 49.6 Å². The van der Waals surface area contributed by atoms with Crippen LogP contribution in [0.1, 0.15) is 37.3 Å². The van der Waals surface area contributed by atoms with Gasteiger partial charge in [0.1, 0.15) is 0 Å². The van der Waals surface area contributed by atoms with Crippen LogP contribution in [0.5, 0.6) is 0 Å². The molecule has 0 spiro atoms. The van der Waals surface area contributed by atoms with Crippen molar-refractivity contribution in [1.29, 1.82) is 0 Å². The van der Waals surface area contributed by atoms with E-state index in [4.69, 9.17) is 0 Å². The number of aryl methyl sites for hydroxylation is 1. The van der Waals surface area contributed by atoms with Crippen molar-refractivity contribution in [3.8, 4) is 0 Å². The zero-order chi connectivity index (χ0) is 12.0. The molecule has 0 aliphatic rings. The van der Waals surface area contributed by atoms with Crippen molar-refractivity contribution in [3.05, 3.63) is 35.4 Å². The largest absolute Gasteiger partial charge is 0.395 e. The third-order valence-electron chi connectivity index (χ3n) is 3.28. The van der Waals surface area contributed by atoms with Gasteiger partial charge in [0.05, 0.1) is 13.2 Å². The van der Waals surface area contributed by atoms with Crippen LogP contribution < -0.4 is 0 Å². The first-order chi connectivity index (χ1) is 7.68. The fourth-order valence-electron chi connectivity index (χ4n) is 1.96. The van der Waals surface area contributed by atoms with Crippen LogP contribution >= 0.6 is 0 Å². The van der Waals surface area contributed by atoms with Crippen LogP contribution in [-0.2, 0) is 5.41 Å². The zero-order valence-corrected chi connectivity index (χ0v) is 10.2. The summed E-state index contributed by atoms with van der Waals surface area (Å²) in [5.74, 6) is 0. The van der Waals surface area contributed by atoms with Gasteiger partial charge in [0.2, 0.25) is 0 Å². The zero-order valence-electron chi connectivity index (χ0n) is 10.2. The summed E-state index contributed by atoms with van der Waals surface area (Å²) in [5, 5.41) is 19.1. The highest BCUT2D eigenvalue weighted by Crippen LogP contribution is 2.29. The fourth-order valence-corrected chi connectivity index (χ4v) is 1.96. The Morgan fingerprint density at radius 2 is 1.62 bits per heavy atom. The molecule has 0 fully saturated rings. The van der Waals surface area contributed by atoms with Crippen LogP contribution in [0, 0.1) is 6.92 Å². The van der Waals surface area contributed by atoms with Crippen molar-refractivity contribution in [1.82, 2.24) is 0 Å². The minimum Gasteiger partial charge on any atom is -0.395 e. The Hall–Kier alpha value is -0.860. The minimum atomic E-state index is -0.469. The molecular formula is C14H22O2. The highest BCUT2D eigenvalue weighted by Gasteiger charge is 2.30. The first kappa shape index (κ1) is 13.2. The highest BCUT2D eigenvalue weighted by atomic mass is 16.3. The molecule has 90 valence electrons. The normalized spacial score (nSPS) is 11.8. The summed E-state index contributed by atoms with van der Waals surface area (Å²) in [6, 6.07) is 8.08. The highest BCUT2D eigenvalue weighted by molar-refractivity contribution is 5.29. The van der Waals surface area contributed by atoms with Crippen LogP contribution in [0.15, 0.2) is 24.3 Å². The van der Waals surface area contributed by atoms with Crippen molar-refractivity contribution < 1.29 is 10.2 Å². The lowest BCUT2D eigenvalue weighted by molar-refractivity contribution is 0.107. The molecule has 2 heteroatoms. The van der Waals surface area contributed by atoms with Crippen LogP contribution in [0.3, 0.4) is 0 Å². The summed E-state index contributed by atoms with van der Waals surface area (Å²) >= 11 is 0. The fraction of sp³-hybridized carbons (Fsp3) is 0.571. The molecule has 1 aromatic rings. The van der Waals surface area contributed by atoms with Gasteiger partial charge in [0, 0.05) is 5.41 Å². The molecule has 0 amide bonds. The number of unbranched alkanes of at least 4 members (excludes halogenated alkanes) is 1. The van der Waals surface area contributed by atoms with Gasteiger partial charge in [-0.15, -0.1) is 0 Å². The summed E-state index contributed by atoms with van der Waals surface area (Å²) in [6.45, 7) is 4.17. The molecule has 0 aliphatic carbocycles. The molecule has 0 atom stereocenters. The van der Waals surface area contributed by atoms with Gasteiger partial charge in [-0.2, -0.15) is 0 Å². The summed E-state index contributed by atoms with van der Waals surface area (Å²) < 4.78 is 0. The molecule has 16 heavy (non-hydrogen) atoms. The van der Waals surface area contributed by atoms with Gasteiger partial charge < -0.3 is 10.2 Å². The third kappa shape index (κ3) is 2.83. The standard InChI is InChI=1S/C14H22O2/c1-3-4-9-14(10-15,11-16)13-7-5-12(2)6-8-13/h5-8,15-16H,3-4,9-11H2,1-2H3. The number of hydrogen-bond acceptors (Lipinski definition) is 2. The Labute approximate surface area is 97.9 Å². The molecule has 0 bridgehead atoms. The number of rotatable bonds is 6. The van der Waals surface area contributed by atoms with E-state index >= 15 is 0 Å². The Bertz CT molecular complexity index is 299. The van der Waals surface area contributed by atoms with Gasteiger partial charge in [0.25, 0.3) is 0 Å². The van der Waals surface area contributed by atoms with Crippen molar-refractivity contribution in [2.45, 2.75) is 38.5 Å². The molecule has 0 saturated carbocycles. The van der Waals surface area contributed by atoms with Crippen LogP contribution in [0.25, 0.3) is 0 Å². The summed E-state index contributed by atoms with van der Waals surface area (Å²) in [6.07, 6.45) is 2.93. The Kier molecular flexibility index (Phi) is 4.97. The molecule has 1 rings (SSSR count). The van der Waals surface area contributed by atoms with Gasteiger partial charge in [-0.25, -0.2) is 0 Å². The lowest BCUT2D eigenvalue weighted by atomic mass is 9.77. The van der Waals surface area contributed by atoms with Crippen LogP contribution in [0.4, 0.5) is 0 Å². The maximum atomic E-state index is 9.57. The maximum absolute atomic E-state index is 9.57. The lowest BCUT2D eigenvalue weighted by Gasteiger charge is -2.30. The van der Waals surface area contributed by atoms with E-state index in [1.165, 1.54) is 5.56 Å². The van der Waals surface area contributed by atoms with E-state index in [-0.39, 0.29) is 13.2 Å². The molecule has 0 saturated heterocycles. The van der Waals surface area contributed by atoms with E-state index in [1.54, 1.807) is 0 Å².